The number of carbonyl (C=O) groups is 1. The first-order valence-corrected chi connectivity index (χ1v) is 6.65. The number of nitrogens with one attached hydrogen (secondary N) is 1. The quantitative estimate of drug-likeness (QED) is 0.851. The Labute approximate surface area is 112 Å². The largest absolute Gasteiger partial charge is 0.488 e. The van der Waals surface area contributed by atoms with Crippen molar-refractivity contribution in [2.24, 2.45) is 5.41 Å². The summed E-state index contributed by atoms with van der Waals surface area (Å²) < 4.78 is 5.76. The van der Waals surface area contributed by atoms with Crippen molar-refractivity contribution < 1.29 is 9.53 Å². The number of alkyl halides is 1. The van der Waals surface area contributed by atoms with Crippen molar-refractivity contribution in [3.63, 3.8) is 0 Å². The topological polar surface area (TPSA) is 38.3 Å². The molecule has 0 saturated heterocycles. The van der Waals surface area contributed by atoms with Crippen LogP contribution in [0.2, 0.25) is 0 Å². The highest BCUT2D eigenvalue weighted by atomic mass is 35.5. The van der Waals surface area contributed by atoms with Crippen LogP contribution in [0.15, 0.2) is 24.3 Å². The van der Waals surface area contributed by atoms with Gasteiger partial charge in [0.2, 0.25) is 5.91 Å². The molecule has 0 spiro atoms. The molecule has 1 atom stereocenters. The second kappa shape index (κ2) is 5.19. The van der Waals surface area contributed by atoms with Gasteiger partial charge >= 0.3 is 0 Å². The highest BCUT2D eigenvalue weighted by Crippen LogP contribution is 2.27. The molecule has 4 heteroatoms. The number of halogens is 1. The van der Waals surface area contributed by atoms with E-state index in [1.54, 1.807) is 0 Å². The van der Waals surface area contributed by atoms with Crippen LogP contribution in [0.3, 0.4) is 0 Å². The van der Waals surface area contributed by atoms with Gasteiger partial charge in [-0.15, -0.1) is 11.6 Å². The van der Waals surface area contributed by atoms with Gasteiger partial charge in [-0.3, -0.25) is 4.79 Å². The van der Waals surface area contributed by atoms with E-state index in [1.807, 2.05) is 32.0 Å². The maximum Gasteiger partial charge on any atom is 0.226 e. The predicted octanol–water partition coefficient (Wildman–Crippen LogP) is 2.37. The van der Waals surface area contributed by atoms with Crippen LogP contribution in [-0.2, 0) is 11.2 Å². The van der Waals surface area contributed by atoms with E-state index in [9.17, 15) is 4.79 Å². The van der Waals surface area contributed by atoms with Crippen LogP contribution in [-0.4, -0.2) is 24.4 Å². The van der Waals surface area contributed by atoms with Crippen LogP contribution in [0.25, 0.3) is 0 Å². The molecule has 1 unspecified atom stereocenters. The van der Waals surface area contributed by atoms with Crippen molar-refractivity contribution in [1.82, 2.24) is 5.32 Å². The standard InChI is InChI=1S/C14H18ClNO2/c1-14(2,9-15)13(17)16-8-11-7-10-5-3-4-6-12(10)18-11/h3-6,11H,7-9H2,1-2H3,(H,16,17). The molecule has 1 aromatic rings. The van der Waals surface area contributed by atoms with Crippen LogP contribution in [0.5, 0.6) is 5.75 Å². The molecular formula is C14H18ClNO2. The maximum atomic E-state index is 11.9. The third-order valence-electron chi connectivity index (χ3n) is 3.15. The van der Waals surface area contributed by atoms with E-state index >= 15 is 0 Å². The normalized spacial score (nSPS) is 18.1. The number of para-hydroxylation sites is 1. The molecule has 0 fully saturated rings. The summed E-state index contributed by atoms with van der Waals surface area (Å²) in [5.41, 5.74) is 0.667. The number of ether oxygens (including phenoxy) is 1. The number of amides is 1. The van der Waals surface area contributed by atoms with Crippen LogP contribution in [0, 0.1) is 5.41 Å². The second-order valence-corrected chi connectivity index (χ2v) is 5.55. The zero-order chi connectivity index (χ0) is 13.2. The summed E-state index contributed by atoms with van der Waals surface area (Å²) in [6.07, 6.45) is 0.870. The molecule has 1 aliphatic rings. The highest BCUT2D eigenvalue weighted by Gasteiger charge is 2.28. The molecule has 0 aliphatic carbocycles. The van der Waals surface area contributed by atoms with E-state index in [0.717, 1.165) is 12.2 Å². The van der Waals surface area contributed by atoms with Gasteiger partial charge in [0.15, 0.2) is 0 Å². The minimum Gasteiger partial charge on any atom is -0.488 e. The first-order chi connectivity index (χ1) is 8.53. The molecule has 1 heterocycles. The van der Waals surface area contributed by atoms with E-state index in [4.69, 9.17) is 16.3 Å². The fourth-order valence-corrected chi connectivity index (χ4v) is 2.00. The minimum absolute atomic E-state index is 0.0254. The van der Waals surface area contributed by atoms with Gasteiger partial charge < -0.3 is 10.1 Å². The summed E-state index contributed by atoms with van der Waals surface area (Å²) in [7, 11) is 0. The highest BCUT2D eigenvalue weighted by molar-refractivity contribution is 6.19. The number of hydrogen-bond acceptors (Lipinski definition) is 2. The van der Waals surface area contributed by atoms with Gasteiger partial charge in [0.25, 0.3) is 0 Å². The Morgan fingerprint density at radius 1 is 1.50 bits per heavy atom. The lowest BCUT2D eigenvalue weighted by Crippen LogP contribution is -2.42. The van der Waals surface area contributed by atoms with E-state index in [1.165, 1.54) is 5.56 Å². The van der Waals surface area contributed by atoms with Crippen LogP contribution in [0.1, 0.15) is 19.4 Å². The molecule has 0 saturated carbocycles. The lowest BCUT2D eigenvalue weighted by atomic mass is 9.95. The third-order valence-corrected chi connectivity index (χ3v) is 3.82. The molecule has 18 heavy (non-hydrogen) atoms. The molecule has 1 N–H and O–H groups in total. The van der Waals surface area contributed by atoms with Crippen molar-refractivity contribution >= 4 is 17.5 Å². The molecule has 1 aromatic carbocycles. The van der Waals surface area contributed by atoms with Gasteiger partial charge in [-0.05, 0) is 25.5 Å². The summed E-state index contributed by atoms with van der Waals surface area (Å²) in [5, 5.41) is 2.90. The Kier molecular flexibility index (Phi) is 3.81. The van der Waals surface area contributed by atoms with Crippen molar-refractivity contribution in [1.29, 1.82) is 0 Å². The summed E-state index contributed by atoms with van der Waals surface area (Å²) in [5.74, 6) is 1.20. The number of fused-ring (bicyclic) bond motifs is 1. The fraction of sp³-hybridized carbons (Fsp3) is 0.500. The first kappa shape index (κ1) is 13.2. The van der Waals surface area contributed by atoms with Crippen molar-refractivity contribution in [3.8, 4) is 5.75 Å². The van der Waals surface area contributed by atoms with E-state index in [2.05, 4.69) is 11.4 Å². The van der Waals surface area contributed by atoms with E-state index in [-0.39, 0.29) is 12.0 Å². The Morgan fingerprint density at radius 3 is 2.89 bits per heavy atom. The molecule has 0 aromatic heterocycles. The van der Waals surface area contributed by atoms with Crippen LogP contribution in [0.4, 0.5) is 0 Å². The van der Waals surface area contributed by atoms with Gasteiger partial charge in [0, 0.05) is 12.3 Å². The van der Waals surface area contributed by atoms with Crippen LogP contribution < -0.4 is 10.1 Å². The van der Waals surface area contributed by atoms with Gasteiger partial charge in [0.05, 0.1) is 12.0 Å². The van der Waals surface area contributed by atoms with Gasteiger partial charge in [0.1, 0.15) is 11.9 Å². The lowest BCUT2D eigenvalue weighted by Gasteiger charge is -2.21. The summed E-state index contributed by atoms with van der Waals surface area (Å²) in [6.45, 7) is 4.19. The van der Waals surface area contributed by atoms with Crippen molar-refractivity contribution in [3.05, 3.63) is 29.8 Å². The third kappa shape index (κ3) is 2.78. The Bertz CT molecular complexity index is 420. The number of hydrogen-bond donors (Lipinski definition) is 1. The predicted molar refractivity (Wildman–Crippen MR) is 72.1 cm³/mol. The molecule has 2 rings (SSSR count). The lowest BCUT2D eigenvalue weighted by molar-refractivity contribution is -0.128. The molecule has 1 amide bonds. The SMILES string of the molecule is CC(C)(CCl)C(=O)NCC1Cc2ccccc2O1. The van der Waals surface area contributed by atoms with Gasteiger partial charge in [-0.25, -0.2) is 0 Å². The minimum atomic E-state index is -0.535. The summed E-state index contributed by atoms with van der Waals surface area (Å²) in [4.78, 5) is 11.9. The van der Waals surface area contributed by atoms with Gasteiger partial charge in [-0.2, -0.15) is 0 Å². The smallest absolute Gasteiger partial charge is 0.226 e. The summed E-state index contributed by atoms with van der Waals surface area (Å²) in [6, 6.07) is 7.97. The van der Waals surface area contributed by atoms with Crippen molar-refractivity contribution in [2.75, 3.05) is 12.4 Å². The average Bonchev–Trinajstić information content (AvgIpc) is 2.78. The molecule has 3 nitrogen and oxygen atoms in total. The monoisotopic (exact) mass is 267 g/mol. The number of benzene rings is 1. The Morgan fingerprint density at radius 2 is 2.22 bits per heavy atom. The molecule has 0 radical (unpaired) electrons. The first-order valence-electron chi connectivity index (χ1n) is 6.12. The summed E-state index contributed by atoms with van der Waals surface area (Å²) >= 11 is 5.76. The van der Waals surface area contributed by atoms with E-state index in [0.29, 0.717) is 12.4 Å². The molecule has 98 valence electrons. The zero-order valence-corrected chi connectivity index (χ0v) is 11.5. The maximum absolute atomic E-state index is 11.9. The van der Waals surface area contributed by atoms with Crippen molar-refractivity contribution in [2.45, 2.75) is 26.4 Å². The average molecular weight is 268 g/mol. The Hall–Kier alpha value is -1.22. The molecular weight excluding hydrogens is 250 g/mol. The van der Waals surface area contributed by atoms with Crippen LogP contribution >= 0.6 is 11.6 Å². The number of carbonyl (C=O) groups excluding carboxylic acids is 1. The van der Waals surface area contributed by atoms with E-state index < -0.39 is 5.41 Å². The molecule has 0 bridgehead atoms. The van der Waals surface area contributed by atoms with Gasteiger partial charge in [-0.1, -0.05) is 18.2 Å². The number of rotatable bonds is 4. The molecule has 1 aliphatic heterocycles. The second-order valence-electron chi connectivity index (χ2n) is 5.28. The fourth-order valence-electron chi connectivity index (χ4n) is 1.87. The Balaban J connectivity index is 1.86. The zero-order valence-electron chi connectivity index (χ0n) is 10.7.